The molecule has 1 aromatic heterocycles. The molecule has 2 N–H and O–H groups in total. The molecule has 3 aromatic rings. The molecule has 0 aliphatic carbocycles. The van der Waals surface area contributed by atoms with Gasteiger partial charge in [0.2, 0.25) is 0 Å². The SMILES string of the molecule is NCCc1cn(Cc2ccc(-c3ccccc3)cc2)nn1. The van der Waals surface area contributed by atoms with E-state index in [0.717, 1.165) is 18.7 Å². The Labute approximate surface area is 124 Å². The first-order valence-corrected chi connectivity index (χ1v) is 7.08. The van der Waals surface area contributed by atoms with Crippen LogP contribution in [0.3, 0.4) is 0 Å². The molecule has 1 heterocycles. The van der Waals surface area contributed by atoms with Crippen molar-refractivity contribution in [3.05, 3.63) is 72.1 Å². The number of hydrogen-bond donors (Lipinski definition) is 1. The molecule has 0 amide bonds. The number of benzene rings is 2. The number of nitrogens with zero attached hydrogens (tertiary/aromatic N) is 3. The fraction of sp³-hybridized carbons (Fsp3) is 0.176. The summed E-state index contributed by atoms with van der Waals surface area (Å²) in [5.41, 5.74) is 10.1. The summed E-state index contributed by atoms with van der Waals surface area (Å²) in [4.78, 5) is 0. The summed E-state index contributed by atoms with van der Waals surface area (Å²) in [5.74, 6) is 0. The summed E-state index contributed by atoms with van der Waals surface area (Å²) in [5, 5.41) is 8.22. The van der Waals surface area contributed by atoms with Crippen LogP contribution in [0, 0.1) is 0 Å². The van der Waals surface area contributed by atoms with Crippen molar-refractivity contribution in [1.82, 2.24) is 15.0 Å². The van der Waals surface area contributed by atoms with Gasteiger partial charge in [0.25, 0.3) is 0 Å². The maximum atomic E-state index is 5.52. The fourth-order valence-electron chi connectivity index (χ4n) is 2.30. The zero-order valence-electron chi connectivity index (χ0n) is 11.8. The summed E-state index contributed by atoms with van der Waals surface area (Å²) in [7, 11) is 0. The van der Waals surface area contributed by atoms with Crippen LogP contribution in [0.4, 0.5) is 0 Å². The third-order valence-corrected chi connectivity index (χ3v) is 3.39. The third-order valence-electron chi connectivity index (χ3n) is 3.39. The molecular weight excluding hydrogens is 260 g/mol. The lowest BCUT2D eigenvalue weighted by atomic mass is 10.0. The average Bonchev–Trinajstić information content (AvgIpc) is 2.97. The maximum Gasteiger partial charge on any atom is 0.0839 e. The molecule has 0 radical (unpaired) electrons. The van der Waals surface area contributed by atoms with Crippen molar-refractivity contribution in [2.45, 2.75) is 13.0 Å². The third kappa shape index (κ3) is 3.35. The summed E-state index contributed by atoms with van der Waals surface area (Å²) >= 11 is 0. The summed E-state index contributed by atoms with van der Waals surface area (Å²) < 4.78 is 1.85. The largest absolute Gasteiger partial charge is 0.330 e. The van der Waals surface area contributed by atoms with Crippen LogP contribution < -0.4 is 5.73 Å². The van der Waals surface area contributed by atoms with Gasteiger partial charge < -0.3 is 5.73 Å². The molecule has 0 aliphatic rings. The van der Waals surface area contributed by atoms with Gasteiger partial charge in [0.1, 0.15) is 0 Å². The van der Waals surface area contributed by atoms with Crippen LogP contribution in [0.1, 0.15) is 11.3 Å². The van der Waals surface area contributed by atoms with Gasteiger partial charge in [0.15, 0.2) is 0 Å². The van der Waals surface area contributed by atoms with Crippen LogP contribution in [-0.2, 0) is 13.0 Å². The standard InChI is InChI=1S/C17H18N4/c18-11-10-17-13-21(20-19-17)12-14-6-8-16(9-7-14)15-4-2-1-3-5-15/h1-9,13H,10-12,18H2. The van der Waals surface area contributed by atoms with E-state index in [9.17, 15) is 0 Å². The van der Waals surface area contributed by atoms with Crippen LogP contribution in [-0.4, -0.2) is 21.5 Å². The number of aromatic nitrogens is 3. The molecule has 21 heavy (non-hydrogen) atoms. The van der Waals surface area contributed by atoms with Crippen LogP contribution >= 0.6 is 0 Å². The van der Waals surface area contributed by atoms with Crippen molar-refractivity contribution in [2.24, 2.45) is 5.73 Å². The van der Waals surface area contributed by atoms with E-state index in [0.29, 0.717) is 6.54 Å². The molecule has 0 saturated carbocycles. The van der Waals surface area contributed by atoms with E-state index in [1.165, 1.54) is 16.7 Å². The minimum atomic E-state index is 0.602. The van der Waals surface area contributed by atoms with Gasteiger partial charge in [-0.05, 0) is 23.2 Å². The van der Waals surface area contributed by atoms with Crippen molar-refractivity contribution in [2.75, 3.05) is 6.54 Å². The summed E-state index contributed by atoms with van der Waals surface area (Å²) in [6, 6.07) is 18.9. The zero-order valence-corrected chi connectivity index (χ0v) is 11.8. The molecule has 2 aromatic carbocycles. The van der Waals surface area contributed by atoms with Crippen LogP contribution in [0.5, 0.6) is 0 Å². The van der Waals surface area contributed by atoms with Gasteiger partial charge in [-0.15, -0.1) is 5.10 Å². The molecule has 0 atom stereocenters. The van der Waals surface area contributed by atoms with Gasteiger partial charge in [0.05, 0.1) is 12.2 Å². The van der Waals surface area contributed by atoms with Crippen LogP contribution in [0.25, 0.3) is 11.1 Å². The highest BCUT2D eigenvalue weighted by Crippen LogP contribution is 2.19. The number of rotatable bonds is 5. The van der Waals surface area contributed by atoms with Gasteiger partial charge in [-0.2, -0.15) is 0 Å². The predicted molar refractivity (Wildman–Crippen MR) is 83.8 cm³/mol. The molecule has 0 aliphatic heterocycles. The van der Waals surface area contributed by atoms with Crippen molar-refractivity contribution in [1.29, 1.82) is 0 Å². The van der Waals surface area contributed by atoms with Gasteiger partial charge in [0, 0.05) is 12.6 Å². The first-order valence-electron chi connectivity index (χ1n) is 7.08. The van der Waals surface area contributed by atoms with E-state index in [1.54, 1.807) is 0 Å². The Bertz CT molecular complexity index is 686. The summed E-state index contributed by atoms with van der Waals surface area (Å²) in [6.07, 6.45) is 2.73. The molecule has 0 spiro atoms. The van der Waals surface area contributed by atoms with Crippen LogP contribution in [0.15, 0.2) is 60.8 Å². The molecule has 0 unspecified atom stereocenters. The molecule has 4 heteroatoms. The average molecular weight is 278 g/mol. The quantitative estimate of drug-likeness (QED) is 0.780. The minimum Gasteiger partial charge on any atom is -0.330 e. The Kier molecular flexibility index (Phi) is 4.07. The maximum absolute atomic E-state index is 5.52. The highest BCUT2D eigenvalue weighted by molar-refractivity contribution is 5.63. The van der Waals surface area contributed by atoms with E-state index >= 15 is 0 Å². The zero-order chi connectivity index (χ0) is 14.5. The van der Waals surface area contributed by atoms with Crippen molar-refractivity contribution < 1.29 is 0 Å². The number of nitrogens with two attached hydrogens (primary N) is 1. The Morgan fingerprint density at radius 3 is 2.33 bits per heavy atom. The van der Waals surface area contributed by atoms with Crippen molar-refractivity contribution in [3.63, 3.8) is 0 Å². The number of hydrogen-bond acceptors (Lipinski definition) is 3. The second-order valence-corrected chi connectivity index (χ2v) is 5.01. The monoisotopic (exact) mass is 278 g/mol. The van der Waals surface area contributed by atoms with E-state index in [4.69, 9.17) is 5.73 Å². The normalized spacial score (nSPS) is 10.7. The van der Waals surface area contributed by atoms with Gasteiger partial charge >= 0.3 is 0 Å². The lowest BCUT2D eigenvalue weighted by Gasteiger charge is -2.04. The van der Waals surface area contributed by atoms with Gasteiger partial charge in [-0.25, -0.2) is 4.68 Å². The second kappa shape index (κ2) is 6.33. The lowest BCUT2D eigenvalue weighted by molar-refractivity contribution is 0.649. The van der Waals surface area contributed by atoms with Crippen molar-refractivity contribution in [3.8, 4) is 11.1 Å². The first kappa shape index (κ1) is 13.5. The molecule has 0 saturated heterocycles. The van der Waals surface area contributed by atoms with E-state index in [-0.39, 0.29) is 0 Å². The Morgan fingerprint density at radius 2 is 1.62 bits per heavy atom. The topological polar surface area (TPSA) is 56.7 Å². The molecule has 0 fully saturated rings. The minimum absolute atomic E-state index is 0.602. The van der Waals surface area contributed by atoms with Crippen LogP contribution in [0.2, 0.25) is 0 Å². The van der Waals surface area contributed by atoms with E-state index in [2.05, 4.69) is 58.8 Å². The smallest absolute Gasteiger partial charge is 0.0839 e. The molecule has 0 bridgehead atoms. The lowest BCUT2D eigenvalue weighted by Crippen LogP contribution is -2.02. The Morgan fingerprint density at radius 1 is 0.905 bits per heavy atom. The Hall–Kier alpha value is -2.46. The van der Waals surface area contributed by atoms with Crippen molar-refractivity contribution >= 4 is 0 Å². The molecular formula is C17H18N4. The molecule has 4 nitrogen and oxygen atoms in total. The summed E-state index contributed by atoms with van der Waals surface area (Å²) in [6.45, 7) is 1.33. The van der Waals surface area contributed by atoms with Gasteiger partial charge in [-0.3, -0.25) is 0 Å². The highest BCUT2D eigenvalue weighted by atomic mass is 15.4. The highest BCUT2D eigenvalue weighted by Gasteiger charge is 2.02. The van der Waals surface area contributed by atoms with E-state index in [1.807, 2.05) is 16.9 Å². The predicted octanol–water partition coefficient (Wildman–Crippen LogP) is 2.49. The Balaban J connectivity index is 1.72. The fourth-order valence-corrected chi connectivity index (χ4v) is 2.30. The van der Waals surface area contributed by atoms with E-state index < -0.39 is 0 Å². The molecule has 3 rings (SSSR count). The van der Waals surface area contributed by atoms with Gasteiger partial charge in [-0.1, -0.05) is 59.8 Å². The first-order chi connectivity index (χ1) is 10.3. The second-order valence-electron chi connectivity index (χ2n) is 5.01. The molecule has 106 valence electrons.